The maximum atomic E-state index is 11.1. The molecular weight excluding hydrogens is 192 g/mol. The Morgan fingerprint density at radius 2 is 2.40 bits per heavy atom. The van der Waals surface area contributed by atoms with Crippen LogP contribution in [0.5, 0.6) is 0 Å². The molecule has 84 valence electrons. The molecule has 1 unspecified atom stereocenters. The molecule has 0 spiro atoms. The molecule has 1 fully saturated rings. The molecule has 5 N–H and O–H groups in total. The van der Waals surface area contributed by atoms with Gasteiger partial charge in [0.2, 0.25) is 5.91 Å². The van der Waals surface area contributed by atoms with Gasteiger partial charge in [-0.3, -0.25) is 4.79 Å². The van der Waals surface area contributed by atoms with Crippen LogP contribution in [0.4, 0.5) is 0 Å². The SMILES string of the molecule is CC(N)C=C/C=C(\N)N1CCNC(=O)C1. The highest BCUT2D eigenvalue weighted by atomic mass is 16.2. The molecule has 5 nitrogen and oxygen atoms in total. The minimum Gasteiger partial charge on any atom is -0.385 e. The van der Waals surface area contributed by atoms with Crippen molar-refractivity contribution < 1.29 is 4.79 Å². The zero-order chi connectivity index (χ0) is 11.3. The first-order valence-electron chi connectivity index (χ1n) is 5.01. The molecule has 1 aliphatic heterocycles. The highest BCUT2D eigenvalue weighted by Crippen LogP contribution is 2.00. The van der Waals surface area contributed by atoms with E-state index in [2.05, 4.69) is 5.32 Å². The second-order valence-electron chi connectivity index (χ2n) is 3.61. The third-order valence-corrected chi connectivity index (χ3v) is 2.09. The molecule has 1 heterocycles. The first kappa shape index (κ1) is 11.6. The Bertz CT molecular complexity index is 283. The summed E-state index contributed by atoms with van der Waals surface area (Å²) < 4.78 is 0. The maximum Gasteiger partial charge on any atom is 0.239 e. The minimum atomic E-state index is 0.00812. The molecule has 0 aromatic heterocycles. The van der Waals surface area contributed by atoms with Gasteiger partial charge in [0.15, 0.2) is 0 Å². The van der Waals surface area contributed by atoms with Gasteiger partial charge in [0.1, 0.15) is 0 Å². The summed E-state index contributed by atoms with van der Waals surface area (Å²) in [4.78, 5) is 12.9. The summed E-state index contributed by atoms with van der Waals surface area (Å²) >= 11 is 0. The molecule has 1 saturated heterocycles. The summed E-state index contributed by atoms with van der Waals surface area (Å²) in [6.45, 7) is 3.60. The normalized spacial score (nSPS) is 20.5. The van der Waals surface area contributed by atoms with E-state index >= 15 is 0 Å². The molecule has 1 aliphatic rings. The lowest BCUT2D eigenvalue weighted by Crippen LogP contribution is -2.48. The Labute approximate surface area is 89.8 Å². The summed E-state index contributed by atoms with van der Waals surface area (Å²) in [5.74, 6) is 0.607. The Balaban J connectivity index is 2.51. The van der Waals surface area contributed by atoms with Crippen molar-refractivity contribution in [2.45, 2.75) is 13.0 Å². The van der Waals surface area contributed by atoms with Crippen LogP contribution in [-0.4, -0.2) is 36.5 Å². The average Bonchev–Trinajstić information content (AvgIpc) is 2.17. The number of hydrogen-bond acceptors (Lipinski definition) is 4. The topological polar surface area (TPSA) is 84.4 Å². The smallest absolute Gasteiger partial charge is 0.239 e. The van der Waals surface area contributed by atoms with Crippen molar-refractivity contribution in [3.63, 3.8) is 0 Å². The van der Waals surface area contributed by atoms with E-state index in [9.17, 15) is 4.79 Å². The van der Waals surface area contributed by atoms with Gasteiger partial charge < -0.3 is 21.7 Å². The van der Waals surface area contributed by atoms with Crippen molar-refractivity contribution in [1.29, 1.82) is 0 Å². The van der Waals surface area contributed by atoms with E-state index < -0.39 is 0 Å². The van der Waals surface area contributed by atoms with Gasteiger partial charge in [0.25, 0.3) is 0 Å². The van der Waals surface area contributed by atoms with Gasteiger partial charge in [-0.15, -0.1) is 0 Å². The van der Waals surface area contributed by atoms with Crippen molar-refractivity contribution in [2.75, 3.05) is 19.6 Å². The van der Waals surface area contributed by atoms with E-state index in [1.165, 1.54) is 0 Å². The van der Waals surface area contributed by atoms with Crippen LogP contribution in [0.3, 0.4) is 0 Å². The molecule has 0 aliphatic carbocycles. The lowest BCUT2D eigenvalue weighted by molar-refractivity contribution is -0.123. The van der Waals surface area contributed by atoms with Crippen LogP contribution in [0.15, 0.2) is 24.0 Å². The first-order valence-corrected chi connectivity index (χ1v) is 5.01. The highest BCUT2D eigenvalue weighted by Gasteiger charge is 2.15. The number of amides is 1. The van der Waals surface area contributed by atoms with Crippen LogP contribution in [-0.2, 0) is 4.79 Å². The van der Waals surface area contributed by atoms with E-state index in [1.807, 2.05) is 24.0 Å². The predicted octanol–water partition coefficient (Wildman–Crippen LogP) is -0.878. The van der Waals surface area contributed by atoms with Gasteiger partial charge in [-0.05, 0) is 13.0 Å². The lowest BCUT2D eigenvalue weighted by atomic mass is 10.3. The second-order valence-corrected chi connectivity index (χ2v) is 3.61. The first-order chi connectivity index (χ1) is 7.09. The van der Waals surface area contributed by atoms with Crippen LogP contribution in [0, 0.1) is 0 Å². The summed E-state index contributed by atoms with van der Waals surface area (Å²) in [6, 6.07) is 0.0127. The Hall–Kier alpha value is -1.49. The van der Waals surface area contributed by atoms with E-state index in [-0.39, 0.29) is 11.9 Å². The van der Waals surface area contributed by atoms with Crippen molar-refractivity contribution in [2.24, 2.45) is 11.5 Å². The number of hydrogen-bond donors (Lipinski definition) is 3. The third-order valence-electron chi connectivity index (χ3n) is 2.09. The minimum absolute atomic E-state index is 0.00812. The van der Waals surface area contributed by atoms with Crippen molar-refractivity contribution >= 4 is 5.91 Å². The quantitative estimate of drug-likeness (QED) is 0.528. The number of nitrogens with two attached hydrogens (primary N) is 2. The third kappa shape index (κ3) is 4.03. The van der Waals surface area contributed by atoms with Gasteiger partial charge >= 0.3 is 0 Å². The standard InChI is InChI=1S/C10H18N4O/c1-8(11)3-2-4-9(12)14-6-5-13-10(15)7-14/h2-4,8H,5-7,11-12H2,1H3,(H,13,15)/b3-2?,9-4+. The number of allylic oxidation sites excluding steroid dienone is 2. The second kappa shape index (κ2) is 5.41. The summed E-state index contributed by atoms with van der Waals surface area (Å²) in [7, 11) is 0. The van der Waals surface area contributed by atoms with Crippen LogP contribution in [0.1, 0.15) is 6.92 Å². The molecule has 0 radical (unpaired) electrons. The fourth-order valence-corrected chi connectivity index (χ4v) is 1.29. The van der Waals surface area contributed by atoms with Crippen LogP contribution in [0.2, 0.25) is 0 Å². The number of carbonyl (C=O) groups excluding carboxylic acids is 1. The van der Waals surface area contributed by atoms with Crippen LogP contribution < -0.4 is 16.8 Å². The largest absolute Gasteiger partial charge is 0.385 e. The highest BCUT2D eigenvalue weighted by molar-refractivity contribution is 5.78. The van der Waals surface area contributed by atoms with Crippen molar-refractivity contribution in [1.82, 2.24) is 10.2 Å². The lowest BCUT2D eigenvalue weighted by Gasteiger charge is -2.28. The zero-order valence-electron chi connectivity index (χ0n) is 8.94. The molecule has 0 aromatic carbocycles. The average molecular weight is 210 g/mol. The maximum absolute atomic E-state index is 11.1. The Kier molecular flexibility index (Phi) is 4.17. The number of piperazine rings is 1. The van der Waals surface area contributed by atoms with Gasteiger partial charge in [0, 0.05) is 19.1 Å². The molecule has 0 aromatic rings. The summed E-state index contributed by atoms with van der Waals surface area (Å²) in [6.07, 6.45) is 5.42. The van der Waals surface area contributed by atoms with Crippen LogP contribution in [0.25, 0.3) is 0 Å². The number of carbonyl (C=O) groups is 1. The molecule has 1 rings (SSSR count). The number of nitrogens with one attached hydrogen (secondary N) is 1. The number of nitrogens with zero attached hydrogens (tertiary/aromatic N) is 1. The van der Waals surface area contributed by atoms with E-state index in [0.717, 1.165) is 6.54 Å². The molecular formula is C10H18N4O. The van der Waals surface area contributed by atoms with Gasteiger partial charge in [-0.25, -0.2) is 0 Å². The molecule has 0 bridgehead atoms. The summed E-state index contributed by atoms with van der Waals surface area (Å²) in [5.41, 5.74) is 11.4. The molecule has 1 amide bonds. The van der Waals surface area contributed by atoms with E-state index in [4.69, 9.17) is 11.5 Å². The summed E-state index contributed by atoms with van der Waals surface area (Å²) in [5, 5.41) is 2.74. The molecule has 1 atom stereocenters. The molecule has 15 heavy (non-hydrogen) atoms. The fourth-order valence-electron chi connectivity index (χ4n) is 1.29. The van der Waals surface area contributed by atoms with E-state index in [0.29, 0.717) is 18.9 Å². The van der Waals surface area contributed by atoms with Crippen molar-refractivity contribution in [3.05, 3.63) is 24.0 Å². The monoisotopic (exact) mass is 210 g/mol. The molecule has 5 heteroatoms. The Morgan fingerprint density at radius 3 is 3.00 bits per heavy atom. The van der Waals surface area contributed by atoms with Gasteiger partial charge in [0.05, 0.1) is 12.4 Å². The predicted molar refractivity (Wildman–Crippen MR) is 59.6 cm³/mol. The fraction of sp³-hybridized carbons (Fsp3) is 0.500. The van der Waals surface area contributed by atoms with Crippen LogP contribution >= 0.6 is 0 Å². The van der Waals surface area contributed by atoms with E-state index in [1.54, 1.807) is 6.08 Å². The van der Waals surface area contributed by atoms with Gasteiger partial charge in [-0.2, -0.15) is 0 Å². The molecule has 0 saturated carbocycles. The van der Waals surface area contributed by atoms with Crippen molar-refractivity contribution in [3.8, 4) is 0 Å². The zero-order valence-corrected chi connectivity index (χ0v) is 8.94. The Morgan fingerprint density at radius 1 is 1.67 bits per heavy atom. The number of rotatable bonds is 3. The van der Waals surface area contributed by atoms with Gasteiger partial charge in [-0.1, -0.05) is 12.2 Å².